The van der Waals surface area contributed by atoms with Gasteiger partial charge in [-0.05, 0) is 42.8 Å². The zero-order valence-electron chi connectivity index (χ0n) is 14.5. The third-order valence-corrected chi connectivity index (χ3v) is 3.98. The number of hydrogen-bond acceptors (Lipinski definition) is 4. The fraction of sp³-hybridized carbons (Fsp3) is 0.263. The number of carbonyl (C=O) groups excluding carboxylic acids is 2. The number of methoxy groups -OCH3 is 1. The van der Waals surface area contributed by atoms with E-state index in [-0.39, 0.29) is 30.8 Å². The quantitative estimate of drug-likeness (QED) is 0.892. The predicted molar refractivity (Wildman–Crippen MR) is 94.6 cm³/mol. The smallest absolute Gasteiger partial charge is 0.268 e. The van der Waals surface area contributed by atoms with Crippen molar-refractivity contribution in [2.75, 3.05) is 23.9 Å². The van der Waals surface area contributed by atoms with Gasteiger partial charge in [-0.1, -0.05) is 12.1 Å². The van der Waals surface area contributed by atoms with Gasteiger partial charge in [0.1, 0.15) is 18.2 Å². The molecule has 0 unspecified atom stereocenters. The number of benzene rings is 2. The highest BCUT2D eigenvalue weighted by atomic mass is 19.1. The molecule has 3 rings (SSSR count). The molecule has 1 aliphatic heterocycles. The van der Waals surface area contributed by atoms with E-state index in [2.05, 4.69) is 5.32 Å². The van der Waals surface area contributed by atoms with Crippen molar-refractivity contribution in [1.29, 1.82) is 0 Å². The molecular formula is C19H19FN2O4. The molecular weight excluding hydrogens is 339 g/mol. The Balaban J connectivity index is 1.90. The first-order valence-electron chi connectivity index (χ1n) is 8.13. The van der Waals surface area contributed by atoms with E-state index < -0.39 is 6.10 Å². The molecule has 2 aromatic carbocycles. The highest BCUT2D eigenvalue weighted by Gasteiger charge is 2.31. The molecule has 1 heterocycles. The van der Waals surface area contributed by atoms with Crippen molar-refractivity contribution in [2.45, 2.75) is 19.6 Å². The first-order valence-corrected chi connectivity index (χ1v) is 8.13. The van der Waals surface area contributed by atoms with E-state index in [0.29, 0.717) is 17.1 Å². The summed E-state index contributed by atoms with van der Waals surface area (Å²) in [5.41, 5.74) is 1.86. The summed E-state index contributed by atoms with van der Waals surface area (Å²) in [5, 5.41) is 2.70. The fourth-order valence-electron chi connectivity index (χ4n) is 2.75. The minimum absolute atomic E-state index is 0.0666. The summed E-state index contributed by atoms with van der Waals surface area (Å²) in [6, 6.07) is 11.1. The second kappa shape index (κ2) is 7.53. The van der Waals surface area contributed by atoms with Gasteiger partial charge in [-0.25, -0.2) is 4.39 Å². The summed E-state index contributed by atoms with van der Waals surface area (Å²) in [7, 11) is 1.44. The van der Waals surface area contributed by atoms with Gasteiger partial charge in [-0.3, -0.25) is 9.59 Å². The monoisotopic (exact) mass is 358 g/mol. The van der Waals surface area contributed by atoms with E-state index in [1.54, 1.807) is 42.2 Å². The summed E-state index contributed by atoms with van der Waals surface area (Å²) in [6.45, 7) is 1.88. The molecule has 1 N–H and O–H groups in total. The predicted octanol–water partition coefficient (Wildman–Crippen LogP) is 2.72. The molecule has 136 valence electrons. The lowest BCUT2D eigenvalue weighted by Gasteiger charge is -2.33. The van der Waals surface area contributed by atoms with Gasteiger partial charge in [0, 0.05) is 12.8 Å². The van der Waals surface area contributed by atoms with E-state index in [1.165, 1.54) is 19.2 Å². The average molecular weight is 358 g/mol. The molecule has 0 aromatic heterocycles. The standard InChI is InChI=1S/C19H19FN2O4/c1-12-19(24)22(10-13-3-5-14(20)6-4-13)16-9-15(7-8-17(16)26-12)21-18(23)11-25-2/h3-9,12H,10-11H2,1-2H3,(H,21,23)/t12-/m0/s1. The molecule has 1 aliphatic rings. The first-order chi connectivity index (χ1) is 12.5. The number of rotatable bonds is 5. The lowest BCUT2D eigenvalue weighted by molar-refractivity contribution is -0.125. The van der Waals surface area contributed by atoms with Gasteiger partial charge in [-0.15, -0.1) is 0 Å². The van der Waals surface area contributed by atoms with Crippen molar-refractivity contribution >= 4 is 23.2 Å². The third-order valence-electron chi connectivity index (χ3n) is 3.98. The van der Waals surface area contributed by atoms with Gasteiger partial charge >= 0.3 is 0 Å². The zero-order chi connectivity index (χ0) is 18.7. The van der Waals surface area contributed by atoms with Crippen molar-refractivity contribution in [1.82, 2.24) is 0 Å². The number of halogens is 1. The maximum atomic E-state index is 13.1. The van der Waals surface area contributed by atoms with Crippen molar-refractivity contribution in [3.8, 4) is 5.75 Å². The summed E-state index contributed by atoms with van der Waals surface area (Å²) >= 11 is 0. The minimum atomic E-state index is -0.628. The van der Waals surface area contributed by atoms with Gasteiger partial charge < -0.3 is 19.7 Å². The van der Waals surface area contributed by atoms with Crippen LogP contribution in [0, 0.1) is 5.82 Å². The minimum Gasteiger partial charge on any atom is -0.479 e. The van der Waals surface area contributed by atoms with Crippen LogP contribution < -0.4 is 15.0 Å². The van der Waals surface area contributed by atoms with Crippen molar-refractivity contribution in [2.24, 2.45) is 0 Å². The Hall–Kier alpha value is -2.93. The molecule has 0 saturated heterocycles. The largest absolute Gasteiger partial charge is 0.479 e. The van der Waals surface area contributed by atoms with Crippen molar-refractivity contribution < 1.29 is 23.5 Å². The van der Waals surface area contributed by atoms with Crippen LogP contribution in [0.25, 0.3) is 0 Å². The molecule has 0 spiro atoms. The van der Waals surface area contributed by atoms with Crippen LogP contribution in [0.2, 0.25) is 0 Å². The van der Waals surface area contributed by atoms with Crippen LogP contribution >= 0.6 is 0 Å². The van der Waals surface area contributed by atoms with E-state index in [4.69, 9.17) is 9.47 Å². The Kier molecular flexibility index (Phi) is 5.18. The molecule has 6 nitrogen and oxygen atoms in total. The lowest BCUT2D eigenvalue weighted by atomic mass is 10.1. The molecule has 0 bridgehead atoms. The topological polar surface area (TPSA) is 67.9 Å². The molecule has 0 saturated carbocycles. The number of nitrogens with one attached hydrogen (secondary N) is 1. The lowest BCUT2D eigenvalue weighted by Crippen LogP contribution is -2.44. The number of hydrogen-bond donors (Lipinski definition) is 1. The van der Waals surface area contributed by atoms with Gasteiger partial charge in [0.15, 0.2) is 6.10 Å². The van der Waals surface area contributed by atoms with Gasteiger partial charge in [0.2, 0.25) is 5.91 Å². The normalized spacial score (nSPS) is 16.0. The first kappa shape index (κ1) is 17.9. The second-order valence-electron chi connectivity index (χ2n) is 5.97. The number of anilines is 2. The summed E-state index contributed by atoms with van der Waals surface area (Å²) in [5.74, 6) is -0.293. The van der Waals surface area contributed by atoms with Crippen LogP contribution in [0.5, 0.6) is 5.75 Å². The molecule has 7 heteroatoms. The van der Waals surface area contributed by atoms with E-state index >= 15 is 0 Å². The molecule has 2 aromatic rings. The number of nitrogens with zero attached hydrogens (tertiary/aromatic N) is 1. The summed E-state index contributed by atoms with van der Waals surface area (Å²) < 4.78 is 23.6. The summed E-state index contributed by atoms with van der Waals surface area (Å²) in [6.07, 6.45) is -0.628. The van der Waals surface area contributed by atoms with Crippen molar-refractivity contribution in [3.63, 3.8) is 0 Å². The van der Waals surface area contributed by atoms with E-state index in [0.717, 1.165) is 5.56 Å². The highest BCUT2D eigenvalue weighted by molar-refractivity contribution is 6.01. The second-order valence-corrected chi connectivity index (χ2v) is 5.97. The molecule has 0 fully saturated rings. The Morgan fingerprint density at radius 3 is 2.69 bits per heavy atom. The Morgan fingerprint density at radius 2 is 2.00 bits per heavy atom. The van der Waals surface area contributed by atoms with Crippen LogP contribution in [-0.4, -0.2) is 31.6 Å². The van der Waals surface area contributed by atoms with Gasteiger partial charge in [0.25, 0.3) is 5.91 Å². The van der Waals surface area contributed by atoms with Crippen LogP contribution in [0.3, 0.4) is 0 Å². The number of ether oxygens (including phenoxy) is 2. The van der Waals surface area contributed by atoms with Crippen LogP contribution in [0.4, 0.5) is 15.8 Å². The Labute approximate surface area is 150 Å². The average Bonchev–Trinajstić information content (AvgIpc) is 2.61. The fourth-order valence-corrected chi connectivity index (χ4v) is 2.75. The van der Waals surface area contributed by atoms with Crippen molar-refractivity contribution in [3.05, 3.63) is 53.8 Å². The number of carbonyl (C=O) groups is 2. The SMILES string of the molecule is COCC(=O)Nc1ccc2c(c1)N(Cc1ccc(F)cc1)C(=O)[C@H](C)O2. The summed E-state index contributed by atoms with van der Waals surface area (Å²) in [4.78, 5) is 25.9. The molecule has 2 amide bonds. The van der Waals surface area contributed by atoms with Gasteiger partial charge in [0.05, 0.1) is 12.2 Å². The molecule has 0 radical (unpaired) electrons. The third kappa shape index (κ3) is 3.83. The number of fused-ring (bicyclic) bond motifs is 1. The maximum absolute atomic E-state index is 13.1. The molecule has 0 aliphatic carbocycles. The molecule has 26 heavy (non-hydrogen) atoms. The zero-order valence-corrected chi connectivity index (χ0v) is 14.5. The van der Waals surface area contributed by atoms with Crippen LogP contribution in [0.15, 0.2) is 42.5 Å². The molecule has 1 atom stereocenters. The van der Waals surface area contributed by atoms with Gasteiger partial charge in [-0.2, -0.15) is 0 Å². The number of amides is 2. The van der Waals surface area contributed by atoms with Crippen LogP contribution in [-0.2, 0) is 20.9 Å². The van der Waals surface area contributed by atoms with E-state index in [1.807, 2.05) is 0 Å². The highest BCUT2D eigenvalue weighted by Crippen LogP contribution is 2.37. The van der Waals surface area contributed by atoms with Crippen LogP contribution in [0.1, 0.15) is 12.5 Å². The Bertz CT molecular complexity index is 823. The van der Waals surface area contributed by atoms with E-state index in [9.17, 15) is 14.0 Å². The Morgan fingerprint density at radius 1 is 1.27 bits per heavy atom. The maximum Gasteiger partial charge on any atom is 0.268 e.